The van der Waals surface area contributed by atoms with E-state index in [4.69, 9.17) is 10.7 Å². The summed E-state index contributed by atoms with van der Waals surface area (Å²) in [5.74, 6) is 0.660. The molecule has 1 aromatic rings. The lowest BCUT2D eigenvalue weighted by molar-refractivity contribution is -0.119. The second-order valence-electron chi connectivity index (χ2n) is 7.45. The maximum absolute atomic E-state index is 11.1. The lowest BCUT2D eigenvalue weighted by atomic mass is 10.1. The number of nitrogens with two attached hydrogens (primary N) is 1. The van der Waals surface area contributed by atoms with E-state index in [1.165, 1.54) is 17.7 Å². The number of likely N-dealkylation sites (tertiary alicyclic amines) is 1. The second kappa shape index (κ2) is 9.46. The SMILES string of the molecule is CCNC(=NCC1(Sc2ccccc2)CC1)NC1CCN(CC(N)=O)CC1. The predicted molar refractivity (Wildman–Crippen MR) is 112 cm³/mol. The molecule has 0 atom stereocenters. The van der Waals surface area contributed by atoms with Crippen molar-refractivity contribution in [2.75, 3.05) is 32.7 Å². The molecule has 6 nitrogen and oxygen atoms in total. The van der Waals surface area contributed by atoms with E-state index in [0.717, 1.165) is 45.0 Å². The monoisotopic (exact) mass is 389 g/mol. The number of carbonyl (C=O) groups excluding carboxylic acids is 1. The van der Waals surface area contributed by atoms with Gasteiger partial charge in [-0.3, -0.25) is 14.7 Å². The molecule has 4 N–H and O–H groups in total. The summed E-state index contributed by atoms with van der Waals surface area (Å²) < 4.78 is 0.258. The van der Waals surface area contributed by atoms with E-state index in [-0.39, 0.29) is 10.7 Å². The number of piperidine rings is 1. The van der Waals surface area contributed by atoms with Crippen LogP contribution in [0.2, 0.25) is 0 Å². The van der Waals surface area contributed by atoms with E-state index in [2.05, 4.69) is 52.8 Å². The minimum Gasteiger partial charge on any atom is -0.369 e. The van der Waals surface area contributed by atoms with Crippen molar-refractivity contribution >= 4 is 23.6 Å². The molecule has 3 rings (SSSR count). The zero-order valence-corrected chi connectivity index (χ0v) is 16.9. The van der Waals surface area contributed by atoms with Gasteiger partial charge in [-0.05, 0) is 44.7 Å². The van der Waals surface area contributed by atoms with Crippen LogP contribution in [-0.2, 0) is 4.79 Å². The highest BCUT2D eigenvalue weighted by molar-refractivity contribution is 8.01. The summed E-state index contributed by atoms with van der Waals surface area (Å²) in [5, 5.41) is 6.96. The van der Waals surface area contributed by atoms with Gasteiger partial charge in [-0.15, -0.1) is 11.8 Å². The minimum absolute atomic E-state index is 0.248. The van der Waals surface area contributed by atoms with Gasteiger partial charge < -0.3 is 16.4 Å². The van der Waals surface area contributed by atoms with Gasteiger partial charge in [0.15, 0.2) is 5.96 Å². The average molecular weight is 390 g/mol. The Morgan fingerprint density at radius 3 is 2.59 bits per heavy atom. The molecule has 1 saturated carbocycles. The first-order valence-electron chi connectivity index (χ1n) is 9.88. The topological polar surface area (TPSA) is 82.8 Å². The quantitative estimate of drug-likeness (QED) is 0.467. The standard InChI is InChI=1S/C20H31N5OS/c1-2-22-19(24-16-8-12-25(13-9-16)14-18(21)26)23-15-20(10-11-20)27-17-6-4-3-5-7-17/h3-7,16H,2,8-15H2,1H3,(H2,21,26)(H2,22,23,24). The van der Waals surface area contributed by atoms with Crippen LogP contribution in [0.15, 0.2) is 40.2 Å². The maximum Gasteiger partial charge on any atom is 0.231 e. The number of thioether (sulfide) groups is 1. The summed E-state index contributed by atoms with van der Waals surface area (Å²) in [5.41, 5.74) is 5.29. The molecule has 7 heteroatoms. The van der Waals surface area contributed by atoms with E-state index in [9.17, 15) is 4.79 Å². The van der Waals surface area contributed by atoms with Crippen LogP contribution in [0.25, 0.3) is 0 Å². The molecule has 2 fully saturated rings. The van der Waals surface area contributed by atoms with Crippen LogP contribution >= 0.6 is 11.8 Å². The molecule has 0 unspecified atom stereocenters. The summed E-state index contributed by atoms with van der Waals surface area (Å²) in [6.07, 6.45) is 4.45. The lowest BCUT2D eigenvalue weighted by Crippen LogP contribution is -2.50. The van der Waals surface area contributed by atoms with Crippen LogP contribution in [0.1, 0.15) is 32.6 Å². The molecule has 1 aromatic carbocycles. The first-order chi connectivity index (χ1) is 13.1. The minimum atomic E-state index is -0.248. The van der Waals surface area contributed by atoms with Crippen LogP contribution in [0.3, 0.4) is 0 Å². The molecule has 0 aromatic heterocycles. The van der Waals surface area contributed by atoms with Gasteiger partial charge in [0.05, 0.1) is 13.1 Å². The molecular weight excluding hydrogens is 358 g/mol. The van der Waals surface area contributed by atoms with Gasteiger partial charge in [0.1, 0.15) is 0 Å². The van der Waals surface area contributed by atoms with Crippen molar-refractivity contribution in [3.8, 4) is 0 Å². The third-order valence-corrected chi connectivity index (χ3v) is 6.54. The van der Waals surface area contributed by atoms with Crippen LogP contribution in [0.5, 0.6) is 0 Å². The summed E-state index contributed by atoms with van der Waals surface area (Å²) in [6, 6.07) is 11.0. The first kappa shape index (κ1) is 20.0. The molecule has 0 radical (unpaired) electrons. The van der Waals surface area contributed by atoms with Crippen molar-refractivity contribution in [2.24, 2.45) is 10.7 Å². The smallest absolute Gasteiger partial charge is 0.231 e. The number of carbonyl (C=O) groups is 1. The number of aliphatic imine (C=N–C) groups is 1. The van der Waals surface area contributed by atoms with Crippen molar-refractivity contribution in [2.45, 2.75) is 48.3 Å². The fourth-order valence-corrected chi connectivity index (χ4v) is 4.59. The molecule has 27 heavy (non-hydrogen) atoms. The summed E-state index contributed by atoms with van der Waals surface area (Å²) in [7, 11) is 0. The number of hydrogen-bond acceptors (Lipinski definition) is 4. The maximum atomic E-state index is 11.1. The zero-order chi connectivity index (χ0) is 19.1. The number of rotatable bonds is 8. The highest BCUT2D eigenvalue weighted by Crippen LogP contribution is 2.51. The van der Waals surface area contributed by atoms with Gasteiger partial charge in [-0.1, -0.05) is 18.2 Å². The lowest BCUT2D eigenvalue weighted by Gasteiger charge is -2.32. The number of hydrogen-bond donors (Lipinski definition) is 3. The summed E-state index contributed by atoms with van der Waals surface area (Å²) in [6.45, 7) is 5.94. The molecule has 1 heterocycles. The first-order valence-corrected chi connectivity index (χ1v) is 10.7. The number of nitrogens with one attached hydrogen (secondary N) is 2. The van der Waals surface area contributed by atoms with Crippen LogP contribution in [0.4, 0.5) is 0 Å². The van der Waals surface area contributed by atoms with Crippen molar-refractivity contribution in [3.63, 3.8) is 0 Å². The zero-order valence-electron chi connectivity index (χ0n) is 16.1. The van der Waals surface area contributed by atoms with Gasteiger partial charge in [-0.25, -0.2) is 0 Å². The van der Waals surface area contributed by atoms with E-state index in [0.29, 0.717) is 12.6 Å². The molecule has 1 aliphatic heterocycles. The Bertz CT molecular complexity index is 639. The van der Waals surface area contributed by atoms with E-state index in [1.54, 1.807) is 0 Å². The molecule has 148 valence electrons. The Labute approximate surface area is 166 Å². The molecule has 2 aliphatic rings. The average Bonchev–Trinajstić information content (AvgIpc) is 3.42. The molecule has 1 aliphatic carbocycles. The summed E-state index contributed by atoms with van der Waals surface area (Å²) >= 11 is 1.96. The highest BCUT2D eigenvalue weighted by atomic mass is 32.2. The van der Waals surface area contributed by atoms with E-state index < -0.39 is 0 Å². The number of benzene rings is 1. The van der Waals surface area contributed by atoms with Crippen molar-refractivity contribution in [1.29, 1.82) is 0 Å². The van der Waals surface area contributed by atoms with Crippen LogP contribution in [-0.4, -0.2) is 60.3 Å². The highest BCUT2D eigenvalue weighted by Gasteiger charge is 2.43. The van der Waals surface area contributed by atoms with Gasteiger partial charge >= 0.3 is 0 Å². The second-order valence-corrected chi connectivity index (χ2v) is 9.00. The fourth-order valence-electron chi connectivity index (χ4n) is 3.36. The Morgan fingerprint density at radius 1 is 1.30 bits per heavy atom. The molecule has 1 amide bonds. The van der Waals surface area contributed by atoms with Gasteiger partial charge in [0.25, 0.3) is 0 Å². The number of guanidine groups is 1. The summed E-state index contributed by atoms with van der Waals surface area (Å²) in [4.78, 5) is 19.4. The number of nitrogens with zero attached hydrogens (tertiary/aromatic N) is 2. The Morgan fingerprint density at radius 2 is 2.00 bits per heavy atom. The Balaban J connectivity index is 1.50. The number of amides is 1. The van der Waals surface area contributed by atoms with Crippen molar-refractivity contribution in [1.82, 2.24) is 15.5 Å². The Hall–Kier alpha value is -1.73. The van der Waals surface area contributed by atoms with Crippen LogP contribution < -0.4 is 16.4 Å². The van der Waals surface area contributed by atoms with Gasteiger partial charge in [0, 0.05) is 35.3 Å². The van der Waals surface area contributed by atoms with Crippen molar-refractivity contribution in [3.05, 3.63) is 30.3 Å². The molecule has 0 bridgehead atoms. The van der Waals surface area contributed by atoms with E-state index in [1.807, 2.05) is 11.8 Å². The van der Waals surface area contributed by atoms with Gasteiger partial charge in [0.2, 0.25) is 5.91 Å². The van der Waals surface area contributed by atoms with E-state index >= 15 is 0 Å². The largest absolute Gasteiger partial charge is 0.369 e. The molecule has 1 saturated heterocycles. The molecular formula is C20H31N5OS. The Kier molecular flexibility index (Phi) is 7.01. The normalized spacial score (nSPS) is 20.3. The number of primary amides is 1. The van der Waals surface area contributed by atoms with Gasteiger partial charge in [-0.2, -0.15) is 0 Å². The third-order valence-electron chi connectivity index (χ3n) is 5.06. The van der Waals surface area contributed by atoms with Crippen molar-refractivity contribution < 1.29 is 4.79 Å². The van der Waals surface area contributed by atoms with Crippen LogP contribution in [0, 0.1) is 0 Å². The fraction of sp³-hybridized carbons (Fsp3) is 0.600. The predicted octanol–water partition coefficient (Wildman–Crippen LogP) is 1.82. The third kappa shape index (κ3) is 6.43. The molecule has 0 spiro atoms.